The molecule has 5 rings (SSSR count). The number of hydrogen-bond donors (Lipinski definition) is 1. The number of nitrogens with one attached hydrogen (secondary N) is 1. The third-order valence-electron chi connectivity index (χ3n) is 8.51. The van der Waals surface area contributed by atoms with E-state index in [4.69, 9.17) is 4.74 Å². The highest BCUT2D eigenvalue weighted by atomic mass is 16.5. The van der Waals surface area contributed by atoms with E-state index in [0.717, 1.165) is 101 Å². The molecule has 0 spiro atoms. The molecule has 1 aromatic carbocycles. The molecule has 1 fully saturated rings. The van der Waals surface area contributed by atoms with Crippen molar-refractivity contribution in [3.8, 4) is 0 Å². The fraction of sp³-hybridized carbons (Fsp3) is 0.667. The summed E-state index contributed by atoms with van der Waals surface area (Å²) in [5, 5.41) is 11.8. The number of carbonyl (C=O) groups is 2. The maximum atomic E-state index is 13.4. The minimum atomic E-state index is -0.123. The standard InChI is InChI=1S/C30H44N6O3/c1-23(37)35-16-8-4-2-3-7-15-34(26-13-18-39-19-14-26)22-25-20-24(11-12-27(25)35)30(38)31-21-29-33-32-28-10-6-5-9-17-36(28)29/h11-12,20,26H,2-10,13-19,21-22H2,1H3,(H,31,38). The molecular formula is C30H44N6O3. The second-order valence-corrected chi connectivity index (χ2v) is 11.3. The first-order valence-corrected chi connectivity index (χ1v) is 15.0. The van der Waals surface area contributed by atoms with Gasteiger partial charge < -0.3 is 19.5 Å². The number of carbonyl (C=O) groups excluding carboxylic acids is 2. The van der Waals surface area contributed by atoms with Crippen LogP contribution in [0.2, 0.25) is 0 Å². The largest absolute Gasteiger partial charge is 0.381 e. The van der Waals surface area contributed by atoms with Gasteiger partial charge in [-0.15, -0.1) is 10.2 Å². The fourth-order valence-electron chi connectivity index (χ4n) is 6.28. The number of ether oxygens (including phenoxy) is 1. The Morgan fingerprint density at radius 2 is 1.69 bits per heavy atom. The van der Waals surface area contributed by atoms with Gasteiger partial charge in [0.2, 0.25) is 5.91 Å². The SMILES string of the molecule is CC(=O)N1CCCCCCCN(C2CCOCC2)Cc2cc(C(=O)NCc3nnc4n3CCCCC4)ccc21. The molecule has 9 nitrogen and oxygen atoms in total. The van der Waals surface area contributed by atoms with Gasteiger partial charge in [0.1, 0.15) is 5.82 Å². The van der Waals surface area contributed by atoms with Crippen molar-refractivity contribution in [2.24, 2.45) is 0 Å². The maximum Gasteiger partial charge on any atom is 0.251 e. The van der Waals surface area contributed by atoms with Crippen molar-refractivity contribution in [3.05, 3.63) is 41.0 Å². The van der Waals surface area contributed by atoms with Gasteiger partial charge >= 0.3 is 0 Å². The lowest BCUT2D eigenvalue weighted by atomic mass is 10.0. The summed E-state index contributed by atoms with van der Waals surface area (Å²) in [6, 6.07) is 6.30. The zero-order valence-corrected chi connectivity index (χ0v) is 23.5. The van der Waals surface area contributed by atoms with Crippen LogP contribution in [0.1, 0.15) is 98.7 Å². The minimum Gasteiger partial charge on any atom is -0.381 e. The molecule has 0 saturated carbocycles. The molecule has 3 aliphatic heterocycles. The normalized spacial score (nSPS) is 20.2. The summed E-state index contributed by atoms with van der Waals surface area (Å²) < 4.78 is 7.82. The van der Waals surface area contributed by atoms with E-state index in [1.807, 2.05) is 23.1 Å². The van der Waals surface area contributed by atoms with Crippen LogP contribution in [0.5, 0.6) is 0 Å². The van der Waals surface area contributed by atoms with E-state index in [1.165, 1.54) is 25.7 Å². The number of rotatable bonds is 4. The number of aromatic nitrogens is 3. The third kappa shape index (κ3) is 7.06. The quantitative estimate of drug-likeness (QED) is 0.629. The van der Waals surface area contributed by atoms with E-state index in [9.17, 15) is 9.59 Å². The zero-order chi connectivity index (χ0) is 27.0. The van der Waals surface area contributed by atoms with Crippen LogP contribution >= 0.6 is 0 Å². The van der Waals surface area contributed by atoms with Crippen LogP contribution in [0.25, 0.3) is 0 Å². The summed E-state index contributed by atoms with van der Waals surface area (Å²) in [6.45, 7) is 6.97. The molecule has 1 aromatic heterocycles. The highest BCUT2D eigenvalue weighted by Crippen LogP contribution is 2.28. The first kappa shape index (κ1) is 27.8. The molecule has 1 N–H and O–H groups in total. The van der Waals surface area contributed by atoms with Gasteiger partial charge in [-0.3, -0.25) is 14.5 Å². The van der Waals surface area contributed by atoms with E-state index >= 15 is 0 Å². The Morgan fingerprint density at radius 3 is 2.51 bits per heavy atom. The first-order chi connectivity index (χ1) is 19.1. The average Bonchev–Trinajstić information content (AvgIpc) is 3.17. The lowest BCUT2D eigenvalue weighted by Crippen LogP contribution is -2.40. The molecule has 0 bridgehead atoms. The van der Waals surface area contributed by atoms with Crippen molar-refractivity contribution in [1.82, 2.24) is 25.0 Å². The van der Waals surface area contributed by atoms with E-state index in [2.05, 4.69) is 25.0 Å². The Balaban J connectivity index is 1.39. The molecule has 0 unspecified atom stereocenters. The fourth-order valence-corrected chi connectivity index (χ4v) is 6.28. The summed E-state index contributed by atoms with van der Waals surface area (Å²) >= 11 is 0. The third-order valence-corrected chi connectivity index (χ3v) is 8.51. The summed E-state index contributed by atoms with van der Waals surface area (Å²) in [5.74, 6) is 1.77. The van der Waals surface area contributed by atoms with Crippen molar-refractivity contribution in [3.63, 3.8) is 0 Å². The van der Waals surface area contributed by atoms with Crippen LogP contribution in [0.15, 0.2) is 18.2 Å². The Hall–Kier alpha value is -2.78. The molecule has 2 amide bonds. The van der Waals surface area contributed by atoms with Crippen LogP contribution in [0.4, 0.5) is 5.69 Å². The predicted octanol–water partition coefficient (Wildman–Crippen LogP) is 4.23. The molecule has 2 aromatic rings. The Kier molecular flexibility index (Phi) is 9.63. The first-order valence-electron chi connectivity index (χ1n) is 15.0. The number of anilines is 1. The molecule has 212 valence electrons. The highest BCUT2D eigenvalue weighted by molar-refractivity contribution is 5.97. The van der Waals surface area contributed by atoms with Gasteiger partial charge in [0.15, 0.2) is 5.82 Å². The topological polar surface area (TPSA) is 92.6 Å². The molecule has 0 atom stereocenters. The monoisotopic (exact) mass is 536 g/mol. The van der Waals surface area contributed by atoms with Crippen LogP contribution in [-0.4, -0.2) is 63.8 Å². The van der Waals surface area contributed by atoms with Gasteiger partial charge in [0, 0.05) is 63.5 Å². The summed E-state index contributed by atoms with van der Waals surface area (Å²) in [6.07, 6.45) is 12.2. The minimum absolute atomic E-state index is 0.0515. The van der Waals surface area contributed by atoms with Gasteiger partial charge in [0.25, 0.3) is 5.91 Å². The average molecular weight is 537 g/mol. The van der Waals surface area contributed by atoms with Crippen LogP contribution in [0, 0.1) is 0 Å². The second-order valence-electron chi connectivity index (χ2n) is 11.3. The van der Waals surface area contributed by atoms with Crippen molar-refractivity contribution >= 4 is 17.5 Å². The Labute approximate surface area is 232 Å². The van der Waals surface area contributed by atoms with Crippen molar-refractivity contribution in [1.29, 1.82) is 0 Å². The number of benzene rings is 1. The molecule has 0 radical (unpaired) electrons. The molecule has 9 heteroatoms. The predicted molar refractivity (Wildman–Crippen MR) is 151 cm³/mol. The molecule has 1 saturated heterocycles. The van der Waals surface area contributed by atoms with E-state index in [-0.39, 0.29) is 11.8 Å². The second kappa shape index (κ2) is 13.5. The number of nitrogens with zero attached hydrogens (tertiary/aromatic N) is 5. The van der Waals surface area contributed by atoms with Gasteiger partial charge in [-0.2, -0.15) is 0 Å². The number of aryl methyl sites for hydroxylation is 1. The molecular weight excluding hydrogens is 492 g/mol. The zero-order valence-electron chi connectivity index (χ0n) is 23.5. The Bertz CT molecular complexity index is 1130. The van der Waals surface area contributed by atoms with E-state index in [1.54, 1.807) is 6.92 Å². The lowest BCUT2D eigenvalue weighted by Gasteiger charge is -2.36. The molecule has 39 heavy (non-hydrogen) atoms. The molecule has 4 heterocycles. The van der Waals surface area contributed by atoms with Crippen molar-refractivity contribution < 1.29 is 14.3 Å². The maximum absolute atomic E-state index is 13.4. The van der Waals surface area contributed by atoms with Crippen LogP contribution in [0.3, 0.4) is 0 Å². The Morgan fingerprint density at radius 1 is 0.949 bits per heavy atom. The van der Waals surface area contributed by atoms with Gasteiger partial charge in [-0.25, -0.2) is 0 Å². The van der Waals surface area contributed by atoms with Crippen LogP contribution in [-0.2, 0) is 35.6 Å². The van der Waals surface area contributed by atoms with E-state index < -0.39 is 0 Å². The highest BCUT2D eigenvalue weighted by Gasteiger charge is 2.25. The van der Waals surface area contributed by atoms with Gasteiger partial charge in [-0.1, -0.05) is 25.7 Å². The van der Waals surface area contributed by atoms with Crippen molar-refractivity contribution in [2.45, 2.75) is 103 Å². The lowest BCUT2D eigenvalue weighted by molar-refractivity contribution is -0.116. The molecule has 3 aliphatic rings. The van der Waals surface area contributed by atoms with Gasteiger partial charge in [0.05, 0.1) is 6.54 Å². The van der Waals surface area contributed by atoms with Crippen molar-refractivity contribution in [2.75, 3.05) is 31.2 Å². The van der Waals surface area contributed by atoms with Gasteiger partial charge in [-0.05, 0) is 68.8 Å². The van der Waals surface area contributed by atoms with Crippen LogP contribution < -0.4 is 10.2 Å². The number of amides is 2. The van der Waals surface area contributed by atoms with E-state index in [0.29, 0.717) is 24.7 Å². The number of hydrogen-bond acceptors (Lipinski definition) is 6. The summed E-state index contributed by atoms with van der Waals surface area (Å²) in [4.78, 5) is 30.6. The molecule has 0 aliphatic carbocycles. The summed E-state index contributed by atoms with van der Waals surface area (Å²) in [7, 11) is 0. The smallest absolute Gasteiger partial charge is 0.251 e. The number of fused-ring (bicyclic) bond motifs is 2. The summed E-state index contributed by atoms with van der Waals surface area (Å²) in [5.41, 5.74) is 2.59.